The third-order valence-corrected chi connectivity index (χ3v) is 4.48. The molecule has 3 rings (SSSR count). The van der Waals surface area contributed by atoms with Crippen LogP contribution in [0.1, 0.15) is 54.6 Å². The van der Waals surface area contributed by atoms with Crippen molar-refractivity contribution < 1.29 is 9.32 Å². The number of carbonyl (C=O) groups excluding carboxylic acids is 1. The first-order valence-electron chi connectivity index (χ1n) is 8.49. The Kier molecular flexibility index (Phi) is 4.83. The van der Waals surface area contributed by atoms with Gasteiger partial charge in [-0.3, -0.25) is 0 Å². The minimum atomic E-state index is -0.129. The standard InChI is InChI=1S/C18H24N4O2/c1-12-8-9-15(13(2)11-12)20-18(23)22-10-6-4-5-7-16(22)17-19-14(3)24-21-17/h8-9,11,16H,4-7,10H2,1-3H3,(H,20,23)/t16-/m1/s1. The van der Waals surface area contributed by atoms with E-state index in [2.05, 4.69) is 21.5 Å². The first-order valence-corrected chi connectivity index (χ1v) is 8.49. The molecule has 0 saturated carbocycles. The van der Waals surface area contributed by atoms with Crippen LogP contribution in [0.2, 0.25) is 0 Å². The van der Waals surface area contributed by atoms with Gasteiger partial charge in [0.1, 0.15) is 0 Å². The number of amides is 2. The van der Waals surface area contributed by atoms with Gasteiger partial charge in [-0.15, -0.1) is 0 Å². The smallest absolute Gasteiger partial charge is 0.322 e. The lowest BCUT2D eigenvalue weighted by atomic mass is 10.1. The Labute approximate surface area is 142 Å². The number of hydrogen-bond acceptors (Lipinski definition) is 4. The van der Waals surface area contributed by atoms with E-state index in [0.29, 0.717) is 18.3 Å². The first kappa shape index (κ1) is 16.5. The number of urea groups is 1. The molecule has 1 aliphatic heterocycles. The fourth-order valence-electron chi connectivity index (χ4n) is 3.21. The molecule has 2 aromatic rings. The molecule has 1 aromatic heterocycles. The Morgan fingerprint density at radius 1 is 1.25 bits per heavy atom. The van der Waals surface area contributed by atoms with Crippen LogP contribution in [0.5, 0.6) is 0 Å². The van der Waals surface area contributed by atoms with Crippen molar-refractivity contribution in [2.45, 2.75) is 52.5 Å². The number of nitrogens with one attached hydrogen (secondary N) is 1. The Hall–Kier alpha value is -2.37. The van der Waals surface area contributed by atoms with E-state index >= 15 is 0 Å². The average molecular weight is 328 g/mol. The first-order chi connectivity index (χ1) is 11.5. The minimum absolute atomic E-state index is 0.101. The lowest BCUT2D eigenvalue weighted by molar-refractivity contribution is 0.184. The molecule has 2 amide bonds. The molecule has 1 aromatic carbocycles. The number of aryl methyl sites for hydroxylation is 3. The molecule has 1 aliphatic rings. The predicted octanol–water partition coefficient (Wildman–Crippen LogP) is 4.14. The summed E-state index contributed by atoms with van der Waals surface area (Å²) in [6, 6.07) is 5.80. The van der Waals surface area contributed by atoms with E-state index in [9.17, 15) is 4.79 Å². The minimum Gasteiger partial charge on any atom is -0.340 e. The number of hydrogen-bond donors (Lipinski definition) is 1. The Morgan fingerprint density at radius 2 is 2.08 bits per heavy atom. The molecule has 0 unspecified atom stereocenters. The molecule has 0 radical (unpaired) electrons. The highest BCUT2D eigenvalue weighted by atomic mass is 16.5. The fourth-order valence-corrected chi connectivity index (χ4v) is 3.21. The van der Waals surface area contributed by atoms with E-state index in [1.807, 2.05) is 30.9 Å². The third-order valence-electron chi connectivity index (χ3n) is 4.48. The molecular formula is C18H24N4O2. The molecule has 128 valence electrons. The number of aromatic nitrogens is 2. The van der Waals surface area contributed by atoms with E-state index in [0.717, 1.165) is 36.9 Å². The highest BCUT2D eigenvalue weighted by Crippen LogP contribution is 2.29. The maximum atomic E-state index is 12.9. The number of anilines is 1. The summed E-state index contributed by atoms with van der Waals surface area (Å²) in [5.74, 6) is 1.13. The van der Waals surface area contributed by atoms with Gasteiger partial charge < -0.3 is 14.7 Å². The van der Waals surface area contributed by atoms with Crippen LogP contribution in [0.4, 0.5) is 10.5 Å². The second-order valence-corrected chi connectivity index (χ2v) is 6.48. The maximum Gasteiger partial charge on any atom is 0.322 e. The molecule has 0 spiro atoms. The maximum absolute atomic E-state index is 12.9. The molecule has 1 atom stereocenters. The lowest BCUT2D eigenvalue weighted by Gasteiger charge is -2.28. The predicted molar refractivity (Wildman–Crippen MR) is 91.9 cm³/mol. The van der Waals surface area contributed by atoms with Gasteiger partial charge in [-0.1, -0.05) is 35.7 Å². The average Bonchev–Trinajstić information content (AvgIpc) is 2.83. The fraction of sp³-hybridized carbons (Fsp3) is 0.500. The van der Waals surface area contributed by atoms with Crippen LogP contribution in [0.15, 0.2) is 22.7 Å². The van der Waals surface area contributed by atoms with Gasteiger partial charge in [-0.05, 0) is 38.3 Å². The van der Waals surface area contributed by atoms with Crippen LogP contribution in [0.25, 0.3) is 0 Å². The van der Waals surface area contributed by atoms with Gasteiger partial charge in [0.25, 0.3) is 0 Å². The number of benzene rings is 1. The summed E-state index contributed by atoms with van der Waals surface area (Å²) in [6.07, 6.45) is 4.03. The third kappa shape index (κ3) is 3.58. The van der Waals surface area contributed by atoms with Crippen molar-refractivity contribution in [3.63, 3.8) is 0 Å². The second-order valence-electron chi connectivity index (χ2n) is 6.48. The lowest BCUT2D eigenvalue weighted by Crippen LogP contribution is -2.38. The van der Waals surface area contributed by atoms with Crippen molar-refractivity contribution in [1.82, 2.24) is 15.0 Å². The summed E-state index contributed by atoms with van der Waals surface area (Å²) in [4.78, 5) is 19.1. The monoisotopic (exact) mass is 328 g/mol. The SMILES string of the molecule is Cc1ccc(NC(=O)N2CCCCC[C@@H]2c2noc(C)n2)c(C)c1. The topological polar surface area (TPSA) is 71.3 Å². The zero-order valence-electron chi connectivity index (χ0n) is 14.5. The van der Waals surface area contributed by atoms with E-state index in [4.69, 9.17) is 4.52 Å². The Morgan fingerprint density at radius 3 is 2.79 bits per heavy atom. The second kappa shape index (κ2) is 7.03. The van der Waals surface area contributed by atoms with Crippen LogP contribution in [-0.2, 0) is 0 Å². The van der Waals surface area contributed by atoms with Crippen LogP contribution in [0.3, 0.4) is 0 Å². The zero-order chi connectivity index (χ0) is 17.1. The summed E-state index contributed by atoms with van der Waals surface area (Å²) in [6.45, 7) is 6.52. The number of nitrogens with zero attached hydrogens (tertiary/aromatic N) is 3. The highest BCUT2D eigenvalue weighted by molar-refractivity contribution is 5.90. The van der Waals surface area contributed by atoms with Gasteiger partial charge in [0.2, 0.25) is 5.89 Å². The van der Waals surface area contributed by atoms with Gasteiger partial charge in [0.15, 0.2) is 5.82 Å². The van der Waals surface area contributed by atoms with E-state index in [1.54, 1.807) is 6.92 Å². The zero-order valence-corrected chi connectivity index (χ0v) is 14.5. The summed E-state index contributed by atoms with van der Waals surface area (Å²) in [7, 11) is 0. The largest absolute Gasteiger partial charge is 0.340 e. The van der Waals surface area contributed by atoms with Crippen LogP contribution in [0, 0.1) is 20.8 Å². The Balaban J connectivity index is 1.81. The van der Waals surface area contributed by atoms with Gasteiger partial charge in [-0.2, -0.15) is 4.98 Å². The molecule has 0 aliphatic carbocycles. The van der Waals surface area contributed by atoms with Gasteiger partial charge in [0.05, 0.1) is 6.04 Å². The van der Waals surface area contributed by atoms with Crippen molar-refractivity contribution in [3.8, 4) is 0 Å². The van der Waals surface area contributed by atoms with Crippen LogP contribution >= 0.6 is 0 Å². The molecule has 2 heterocycles. The number of likely N-dealkylation sites (tertiary alicyclic amines) is 1. The summed E-state index contributed by atoms with van der Waals surface area (Å²) in [5.41, 5.74) is 3.09. The molecule has 1 fully saturated rings. The van der Waals surface area contributed by atoms with Crippen molar-refractivity contribution in [2.24, 2.45) is 0 Å². The van der Waals surface area contributed by atoms with Gasteiger partial charge in [-0.25, -0.2) is 4.79 Å². The van der Waals surface area contributed by atoms with Gasteiger partial charge >= 0.3 is 6.03 Å². The summed E-state index contributed by atoms with van der Waals surface area (Å²) in [5, 5.41) is 7.08. The molecular weight excluding hydrogens is 304 g/mol. The number of rotatable bonds is 2. The summed E-state index contributed by atoms with van der Waals surface area (Å²) < 4.78 is 5.12. The van der Waals surface area contributed by atoms with Crippen molar-refractivity contribution >= 4 is 11.7 Å². The van der Waals surface area contributed by atoms with Crippen molar-refractivity contribution in [3.05, 3.63) is 41.0 Å². The van der Waals surface area contributed by atoms with E-state index < -0.39 is 0 Å². The van der Waals surface area contributed by atoms with Crippen LogP contribution in [-0.4, -0.2) is 27.6 Å². The van der Waals surface area contributed by atoms with E-state index in [1.165, 1.54) is 5.56 Å². The van der Waals surface area contributed by atoms with Crippen molar-refractivity contribution in [1.29, 1.82) is 0 Å². The Bertz CT molecular complexity index is 726. The van der Waals surface area contributed by atoms with Crippen LogP contribution < -0.4 is 5.32 Å². The molecule has 1 N–H and O–H groups in total. The number of carbonyl (C=O) groups is 1. The quantitative estimate of drug-likeness (QED) is 0.899. The molecule has 0 bridgehead atoms. The molecule has 24 heavy (non-hydrogen) atoms. The molecule has 6 heteroatoms. The van der Waals surface area contributed by atoms with Crippen molar-refractivity contribution in [2.75, 3.05) is 11.9 Å². The normalized spacial score (nSPS) is 18.3. The highest BCUT2D eigenvalue weighted by Gasteiger charge is 2.30. The molecule has 6 nitrogen and oxygen atoms in total. The summed E-state index contributed by atoms with van der Waals surface area (Å²) >= 11 is 0. The molecule has 1 saturated heterocycles. The van der Waals surface area contributed by atoms with Gasteiger partial charge in [0, 0.05) is 19.2 Å². The van der Waals surface area contributed by atoms with E-state index in [-0.39, 0.29) is 12.1 Å².